The molecule has 1 aliphatic rings. The van der Waals surface area contributed by atoms with Crippen LogP contribution in [0.5, 0.6) is 0 Å². The van der Waals surface area contributed by atoms with Gasteiger partial charge in [0.1, 0.15) is 5.92 Å². The number of anilines is 1. The van der Waals surface area contributed by atoms with Gasteiger partial charge in [0.05, 0.1) is 5.69 Å². The van der Waals surface area contributed by atoms with Crippen molar-refractivity contribution in [2.24, 2.45) is 5.92 Å². The molecule has 0 bridgehead atoms. The maximum Gasteiger partial charge on any atom is 0.263 e. The number of benzene rings is 2. The van der Waals surface area contributed by atoms with Gasteiger partial charge in [0.15, 0.2) is 17.5 Å². The molecule has 3 rings (SSSR count). The number of nitrogens with zero attached hydrogens (tertiary/aromatic N) is 1. The highest BCUT2D eigenvalue weighted by Gasteiger charge is 2.44. The average Bonchev–Trinajstić information content (AvgIpc) is 2.97. The van der Waals surface area contributed by atoms with Gasteiger partial charge in [-0.2, -0.15) is 0 Å². The summed E-state index contributed by atoms with van der Waals surface area (Å²) in [5, 5.41) is 2.11. The molecule has 0 saturated carbocycles. The second kappa shape index (κ2) is 7.57. The van der Waals surface area contributed by atoms with E-state index < -0.39 is 53.2 Å². The Morgan fingerprint density at radius 1 is 1.07 bits per heavy atom. The molecule has 28 heavy (non-hydrogen) atoms. The van der Waals surface area contributed by atoms with Crippen molar-refractivity contribution in [3.8, 4) is 0 Å². The van der Waals surface area contributed by atoms with E-state index in [1.807, 2.05) is 0 Å². The summed E-state index contributed by atoms with van der Waals surface area (Å²) in [4.78, 5) is 26.3. The monoisotopic (exact) mass is 398 g/mol. The molecule has 2 aromatic carbocycles. The summed E-state index contributed by atoms with van der Waals surface area (Å²) in [6, 6.07) is 6.70. The first-order valence-corrected chi connectivity index (χ1v) is 8.28. The smallest absolute Gasteiger partial charge is 0.263 e. The molecular formula is C19H15F5N2O2. The van der Waals surface area contributed by atoms with Gasteiger partial charge in [-0.05, 0) is 17.7 Å². The Kier molecular flexibility index (Phi) is 5.35. The summed E-state index contributed by atoms with van der Waals surface area (Å²) in [5.41, 5.74) is -0.322. The maximum absolute atomic E-state index is 13.8. The van der Waals surface area contributed by atoms with Crippen LogP contribution >= 0.6 is 0 Å². The van der Waals surface area contributed by atoms with Crippen molar-refractivity contribution < 1.29 is 31.5 Å². The standard InChI is InChI=1S/C19H15F5N2O2/c1-26-8-11(9-2-4-10(5-3-9)17(23)24)14(19(26)28)18(27)25-13-7-6-12(20)15(21)16(13)22/h2-7,11,14,17H,8H2,1H3,(H,25,27)/t11-,14+/m1/s1. The number of rotatable bonds is 4. The van der Waals surface area contributed by atoms with Crippen LogP contribution in [0.1, 0.15) is 23.5 Å². The number of likely N-dealkylation sites (tertiary alicyclic amines) is 1. The van der Waals surface area contributed by atoms with Crippen molar-refractivity contribution in [3.63, 3.8) is 0 Å². The first kappa shape index (κ1) is 19.8. The molecule has 0 aliphatic carbocycles. The second-order valence-electron chi connectivity index (χ2n) is 6.48. The number of amides is 2. The van der Waals surface area contributed by atoms with Crippen LogP contribution in [0, 0.1) is 23.4 Å². The minimum absolute atomic E-state index is 0.144. The van der Waals surface area contributed by atoms with Crippen molar-refractivity contribution in [1.82, 2.24) is 4.90 Å². The van der Waals surface area contributed by atoms with Crippen LogP contribution in [-0.4, -0.2) is 30.3 Å². The third-order valence-corrected chi connectivity index (χ3v) is 4.71. The lowest BCUT2D eigenvalue weighted by Gasteiger charge is -2.17. The fraction of sp³-hybridized carbons (Fsp3) is 0.263. The fourth-order valence-electron chi connectivity index (χ4n) is 3.21. The van der Waals surface area contributed by atoms with Crippen molar-refractivity contribution in [3.05, 3.63) is 65.0 Å². The third kappa shape index (κ3) is 3.56. The molecule has 148 valence electrons. The molecule has 2 amide bonds. The Labute approximate surface area is 156 Å². The molecule has 1 N–H and O–H groups in total. The number of carbonyl (C=O) groups excluding carboxylic acids is 2. The Bertz CT molecular complexity index is 917. The summed E-state index contributed by atoms with van der Waals surface area (Å²) in [6.45, 7) is 0.144. The highest BCUT2D eigenvalue weighted by molar-refractivity contribution is 6.08. The zero-order valence-corrected chi connectivity index (χ0v) is 14.6. The lowest BCUT2D eigenvalue weighted by Crippen LogP contribution is -2.33. The highest BCUT2D eigenvalue weighted by atomic mass is 19.3. The number of likely N-dealkylation sites (N-methyl/N-ethyl adjacent to an activating group) is 1. The molecule has 0 radical (unpaired) electrons. The van der Waals surface area contributed by atoms with Gasteiger partial charge in [-0.25, -0.2) is 22.0 Å². The number of nitrogens with one attached hydrogen (secondary N) is 1. The van der Waals surface area contributed by atoms with E-state index in [1.165, 1.54) is 36.2 Å². The first-order chi connectivity index (χ1) is 13.2. The molecule has 0 spiro atoms. The number of alkyl halides is 2. The number of carbonyl (C=O) groups is 2. The molecule has 1 heterocycles. The van der Waals surface area contributed by atoms with Gasteiger partial charge in [-0.3, -0.25) is 9.59 Å². The van der Waals surface area contributed by atoms with Gasteiger partial charge in [0.2, 0.25) is 11.8 Å². The zero-order chi connectivity index (χ0) is 20.6. The van der Waals surface area contributed by atoms with E-state index >= 15 is 0 Å². The Morgan fingerprint density at radius 2 is 1.71 bits per heavy atom. The summed E-state index contributed by atoms with van der Waals surface area (Å²) < 4.78 is 65.7. The van der Waals surface area contributed by atoms with Gasteiger partial charge in [0.25, 0.3) is 6.43 Å². The van der Waals surface area contributed by atoms with Gasteiger partial charge in [-0.1, -0.05) is 24.3 Å². The van der Waals surface area contributed by atoms with Crippen LogP contribution in [0.4, 0.5) is 27.6 Å². The number of hydrogen-bond acceptors (Lipinski definition) is 2. The predicted molar refractivity (Wildman–Crippen MR) is 90.2 cm³/mol. The molecule has 1 aliphatic heterocycles. The zero-order valence-electron chi connectivity index (χ0n) is 14.6. The van der Waals surface area contributed by atoms with Gasteiger partial charge in [0, 0.05) is 25.1 Å². The molecular weight excluding hydrogens is 383 g/mol. The predicted octanol–water partition coefficient (Wildman–Crippen LogP) is 3.85. The van der Waals surface area contributed by atoms with Crippen molar-refractivity contribution in [2.45, 2.75) is 12.3 Å². The van der Waals surface area contributed by atoms with E-state index in [9.17, 15) is 31.5 Å². The minimum atomic E-state index is -2.66. The van der Waals surface area contributed by atoms with Crippen LogP contribution in [0.15, 0.2) is 36.4 Å². The van der Waals surface area contributed by atoms with Crippen LogP contribution in [0.3, 0.4) is 0 Å². The summed E-state index contributed by atoms with van der Waals surface area (Å²) >= 11 is 0. The van der Waals surface area contributed by atoms with Crippen molar-refractivity contribution in [1.29, 1.82) is 0 Å². The van der Waals surface area contributed by atoms with Crippen LogP contribution in [-0.2, 0) is 9.59 Å². The van der Waals surface area contributed by atoms with Crippen molar-refractivity contribution in [2.75, 3.05) is 18.9 Å². The molecule has 1 fully saturated rings. The normalized spacial score (nSPS) is 19.4. The quantitative estimate of drug-likeness (QED) is 0.483. The fourth-order valence-corrected chi connectivity index (χ4v) is 3.21. The molecule has 4 nitrogen and oxygen atoms in total. The molecule has 2 atom stereocenters. The third-order valence-electron chi connectivity index (χ3n) is 4.71. The molecule has 0 aromatic heterocycles. The van der Waals surface area contributed by atoms with E-state index in [0.717, 1.165) is 6.07 Å². The van der Waals surface area contributed by atoms with E-state index in [2.05, 4.69) is 5.32 Å². The van der Waals surface area contributed by atoms with Crippen LogP contribution in [0.25, 0.3) is 0 Å². The van der Waals surface area contributed by atoms with Crippen molar-refractivity contribution >= 4 is 17.5 Å². The van der Waals surface area contributed by atoms with Crippen LogP contribution < -0.4 is 5.32 Å². The van der Waals surface area contributed by atoms with Crippen LogP contribution in [0.2, 0.25) is 0 Å². The summed E-state index contributed by atoms with van der Waals surface area (Å²) in [7, 11) is 1.47. The van der Waals surface area contributed by atoms with E-state index in [4.69, 9.17) is 0 Å². The Balaban J connectivity index is 1.88. The maximum atomic E-state index is 13.8. The Hall–Kier alpha value is -2.97. The Morgan fingerprint density at radius 3 is 2.32 bits per heavy atom. The number of hydrogen-bond donors (Lipinski definition) is 1. The average molecular weight is 398 g/mol. The molecule has 1 saturated heterocycles. The second-order valence-corrected chi connectivity index (χ2v) is 6.48. The van der Waals surface area contributed by atoms with Gasteiger partial charge >= 0.3 is 0 Å². The van der Waals surface area contributed by atoms with Gasteiger partial charge < -0.3 is 10.2 Å². The lowest BCUT2D eigenvalue weighted by atomic mass is 9.87. The largest absolute Gasteiger partial charge is 0.344 e. The van der Waals surface area contributed by atoms with E-state index in [1.54, 1.807) is 0 Å². The summed E-state index contributed by atoms with van der Waals surface area (Å²) in [5.74, 6) is -8.13. The van der Waals surface area contributed by atoms with E-state index in [0.29, 0.717) is 11.6 Å². The van der Waals surface area contributed by atoms with E-state index in [-0.39, 0.29) is 12.1 Å². The lowest BCUT2D eigenvalue weighted by molar-refractivity contribution is -0.135. The highest BCUT2D eigenvalue weighted by Crippen LogP contribution is 2.35. The molecule has 9 heteroatoms. The van der Waals surface area contributed by atoms with Gasteiger partial charge in [-0.15, -0.1) is 0 Å². The molecule has 2 aromatic rings. The topological polar surface area (TPSA) is 49.4 Å². The minimum Gasteiger partial charge on any atom is -0.344 e. The SMILES string of the molecule is CN1C[C@H](c2ccc(C(F)F)cc2)[C@@H](C(=O)Nc2ccc(F)c(F)c2F)C1=O. The first-order valence-electron chi connectivity index (χ1n) is 8.28. The number of halogens is 5. The summed E-state index contributed by atoms with van der Waals surface area (Å²) in [6.07, 6.45) is -2.66. The molecule has 0 unspecified atom stereocenters.